The molecule has 0 spiro atoms. The quantitative estimate of drug-likeness (QED) is 0.786. The van der Waals surface area contributed by atoms with Crippen LogP contribution in [0.2, 0.25) is 0 Å². The molecule has 1 amide bonds. The van der Waals surface area contributed by atoms with Crippen molar-refractivity contribution in [2.75, 3.05) is 24.8 Å². The zero-order valence-electron chi connectivity index (χ0n) is 9.59. The normalized spacial score (nSPS) is 10.8. The second-order valence-corrected chi connectivity index (χ2v) is 4.39. The van der Waals surface area contributed by atoms with Crippen molar-refractivity contribution in [3.8, 4) is 0 Å². The fraction of sp³-hybridized carbons (Fsp3) is 0.364. The van der Waals surface area contributed by atoms with E-state index in [-0.39, 0.29) is 5.91 Å². The molecule has 2 rings (SSSR count). The number of carbonyl (C=O) groups excluding carboxylic acids is 1. The van der Waals surface area contributed by atoms with Gasteiger partial charge in [0.2, 0.25) is 0 Å². The average Bonchev–Trinajstić information content (AvgIpc) is 2.81. The first-order valence-corrected chi connectivity index (χ1v) is 6.53. The Labute approximate surface area is 114 Å². The molecule has 18 heavy (non-hydrogen) atoms. The van der Waals surface area contributed by atoms with E-state index in [1.54, 1.807) is 28.0 Å². The van der Waals surface area contributed by atoms with Crippen LogP contribution in [0.25, 0.3) is 5.52 Å². The average molecular weight is 287 g/mol. The Bertz CT molecular complexity index is 537. The number of halogens is 2. The van der Waals surface area contributed by atoms with Gasteiger partial charge in [0.25, 0.3) is 5.91 Å². The Balaban J connectivity index is 2.31. The lowest BCUT2D eigenvalue weighted by Crippen LogP contribution is -2.34. The molecular formula is C11H12Cl2N4O. The zero-order valence-corrected chi connectivity index (χ0v) is 11.1. The number of aromatic nitrogens is 3. The summed E-state index contributed by atoms with van der Waals surface area (Å²) < 4.78 is 1.61. The number of nitrogens with zero attached hydrogens (tertiary/aromatic N) is 4. The van der Waals surface area contributed by atoms with Crippen LogP contribution >= 0.6 is 23.2 Å². The third-order valence-electron chi connectivity index (χ3n) is 2.55. The van der Waals surface area contributed by atoms with E-state index in [0.717, 1.165) is 0 Å². The lowest BCUT2D eigenvalue weighted by Gasteiger charge is -2.19. The van der Waals surface area contributed by atoms with E-state index in [2.05, 4.69) is 10.1 Å². The van der Waals surface area contributed by atoms with Gasteiger partial charge in [-0.15, -0.1) is 23.2 Å². The minimum Gasteiger partial charge on any atom is -0.336 e. The molecule has 0 radical (unpaired) electrons. The summed E-state index contributed by atoms with van der Waals surface area (Å²) in [4.78, 5) is 17.9. The lowest BCUT2D eigenvalue weighted by atomic mass is 10.2. The first-order chi connectivity index (χ1) is 8.77. The Morgan fingerprint density at radius 1 is 1.28 bits per heavy atom. The van der Waals surface area contributed by atoms with Gasteiger partial charge in [0, 0.05) is 37.2 Å². The van der Waals surface area contributed by atoms with Gasteiger partial charge in [0.1, 0.15) is 0 Å². The molecule has 0 saturated heterocycles. The van der Waals surface area contributed by atoms with Gasteiger partial charge in [0.15, 0.2) is 0 Å². The lowest BCUT2D eigenvalue weighted by molar-refractivity contribution is 0.0777. The summed E-state index contributed by atoms with van der Waals surface area (Å²) in [6.45, 7) is 0.926. The topological polar surface area (TPSA) is 50.5 Å². The fourth-order valence-electron chi connectivity index (χ4n) is 1.69. The van der Waals surface area contributed by atoms with Crippen molar-refractivity contribution in [3.63, 3.8) is 0 Å². The second kappa shape index (κ2) is 6.02. The highest BCUT2D eigenvalue weighted by molar-refractivity contribution is 6.18. The summed E-state index contributed by atoms with van der Waals surface area (Å²) in [6, 6.07) is 0. The number of carbonyl (C=O) groups is 1. The Kier molecular flexibility index (Phi) is 4.38. The number of hydrogen-bond donors (Lipinski definition) is 0. The molecule has 2 aromatic heterocycles. The van der Waals surface area contributed by atoms with E-state index >= 15 is 0 Å². The first kappa shape index (κ1) is 13.1. The Morgan fingerprint density at radius 3 is 2.67 bits per heavy atom. The van der Waals surface area contributed by atoms with Crippen LogP contribution in [0.15, 0.2) is 24.8 Å². The van der Waals surface area contributed by atoms with E-state index in [0.29, 0.717) is 35.9 Å². The van der Waals surface area contributed by atoms with Crippen molar-refractivity contribution < 1.29 is 4.79 Å². The maximum Gasteiger partial charge on any atom is 0.257 e. The molecule has 0 N–H and O–H groups in total. The summed E-state index contributed by atoms with van der Waals surface area (Å²) in [5.41, 5.74) is 1.19. The van der Waals surface area contributed by atoms with Crippen LogP contribution in [-0.4, -0.2) is 50.3 Å². The summed E-state index contributed by atoms with van der Waals surface area (Å²) in [5.74, 6) is 0.625. The SMILES string of the molecule is O=C(c1cnn2ccncc12)N(CCCl)CCCl. The van der Waals surface area contributed by atoms with Crippen molar-refractivity contribution in [1.82, 2.24) is 19.5 Å². The summed E-state index contributed by atoms with van der Waals surface area (Å²) in [7, 11) is 0. The first-order valence-electron chi connectivity index (χ1n) is 5.46. The number of alkyl halides is 2. The van der Waals surface area contributed by atoms with Crippen molar-refractivity contribution in [2.24, 2.45) is 0 Å². The van der Waals surface area contributed by atoms with Crippen molar-refractivity contribution >= 4 is 34.6 Å². The molecule has 0 bridgehead atoms. The maximum absolute atomic E-state index is 12.3. The smallest absolute Gasteiger partial charge is 0.257 e. The predicted molar refractivity (Wildman–Crippen MR) is 70.3 cm³/mol. The fourth-order valence-corrected chi connectivity index (χ4v) is 2.10. The second-order valence-electron chi connectivity index (χ2n) is 3.63. The zero-order chi connectivity index (χ0) is 13.0. The van der Waals surface area contributed by atoms with E-state index in [9.17, 15) is 4.79 Å². The maximum atomic E-state index is 12.3. The van der Waals surface area contributed by atoms with Gasteiger partial charge in [-0.05, 0) is 0 Å². The molecular weight excluding hydrogens is 275 g/mol. The van der Waals surface area contributed by atoms with Crippen LogP contribution < -0.4 is 0 Å². The summed E-state index contributed by atoms with van der Waals surface area (Å²) in [5, 5.41) is 4.11. The molecule has 5 nitrogen and oxygen atoms in total. The Morgan fingerprint density at radius 2 is 2.00 bits per heavy atom. The highest BCUT2D eigenvalue weighted by Crippen LogP contribution is 2.12. The van der Waals surface area contributed by atoms with Crippen molar-refractivity contribution in [2.45, 2.75) is 0 Å². The number of hydrogen-bond acceptors (Lipinski definition) is 3. The van der Waals surface area contributed by atoms with Gasteiger partial charge in [-0.25, -0.2) is 4.52 Å². The molecule has 0 fully saturated rings. The highest BCUT2D eigenvalue weighted by atomic mass is 35.5. The number of rotatable bonds is 5. The minimum absolute atomic E-state index is 0.126. The Hall–Kier alpha value is -1.33. The predicted octanol–water partition coefficient (Wildman–Crippen LogP) is 1.65. The van der Waals surface area contributed by atoms with E-state index < -0.39 is 0 Å². The molecule has 0 saturated carbocycles. The van der Waals surface area contributed by atoms with Crippen molar-refractivity contribution in [1.29, 1.82) is 0 Å². The molecule has 0 aliphatic carbocycles. The largest absolute Gasteiger partial charge is 0.336 e. The van der Waals surface area contributed by atoms with Gasteiger partial charge in [-0.1, -0.05) is 0 Å². The van der Waals surface area contributed by atoms with Crippen LogP contribution in [0.4, 0.5) is 0 Å². The highest BCUT2D eigenvalue weighted by Gasteiger charge is 2.18. The van der Waals surface area contributed by atoms with Gasteiger partial charge in [-0.3, -0.25) is 9.78 Å². The molecule has 0 aliphatic rings. The standard InChI is InChI=1S/C11H12Cl2N4O/c12-1-4-16(5-2-13)11(18)9-7-15-17-6-3-14-8-10(9)17/h3,6-8H,1-2,4-5H2. The molecule has 96 valence electrons. The number of amides is 1. The molecule has 7 heteroatoms. The van der Waals surface area contributed by atoms with Crippen LogP contribution in [0.3, 0.4) is 0 Å². The third kappa shape index (κ3) is 2.57. The summed E-state index contributed by atoms with van der Waals surface area (Å²) >= 11 is 11.4. The van der Waals surface area contributed by atoms with Gasteiger partial charge >= 0.3 is 0 Å². The molecule has 0 aromatic carbocycles. The van der Waals surface area contributed by atoms with Crippen LogP contribution in [-0.2, 0) is 0 Å². The summed E-state index contributed by atoms with van der Waals surface area (Å²) in [6.07, 6.45) is 6.46. The minimum atomic E-state index is -0.126. The van der Waals surface area contributed by atoms with Gasteiger partial charge in [-0.2, -0.15) is 5.10 Å². The number of fused-ring (bicyclic) bond motifs is 1. The van der Waals surface area contributed by atoms with E-state index in [4.69, 9.17) is 23.2 Å². The third-order valence-corrected chi connectivity index (χ3v) is 2.89. The monoisotopic (exact) mass is 286 g/mol. The molecule has 0 unspecified atom stereocenters. The van der Waals surface area contributed by atoms with Crippen molar-refractivity contribution in [3.05, 3.63) is 30.4 Å². The molecule has 0 aliphatic heterocycles. The molecule has 0 atom stereocenters. The molecule has 2 heterocycles. The van der Waals surface area contributed by atoms with Gasteiger partial charge < -0.3 is 4.90 Å². The van der Waals surface area contributed by atoms with Crippen LogP contribution in [0, 0.1) is 0 Å². The van der Waals surface area contributed by atoms with E-state index in [1.807, 2.05) is 0 Å². The van der Waals surface area contributed by atoms with Crippen LogP contribution in [0.5, 0.6) is 0 Å². The van der Waals surface area contributed by atoms with E-state index in [1.165, 1.54) is 6.20 Å². The van der Waals surface area contributed by atoms with Crippen LogP contribution in [0.1, 0.15) is 10.4 Å². The van der Waals surface area contributed by atoms with Gasteiger partial charge in [0.05, 0.1) is 23.5 Å². The molecule has 2 aromatic rings.